The Balaban J connectivity index is 1.35. The van der Waals surface area contributed by atoms with E-state index in [1.165, 1.54) is 22.5 Å². The van der Waals surface area contributed by atoms with Crippen molar-refractivity contribution in [1.29, 1.82) is 0 Å². The largest absolute Gasteiger partial charge is 0.336 e. The fraction of sp³-hybridized carbons (Fsp3) is 0.250. The Morgan fingerprint density at radius 3 is 2.50 bits per heavy atom. The molecule has 154 valence electrons. The van der Waals surface area contributed by atoms with Gasteiger partial charge in [-0.05, 0) is 47.7 Å². The van der Waals surface area contributed by atoms with Crippen molar-refractivity contribution in [2.24, 2.45) is 0 Å². The molecule has 2 amide bonds. The minimum Gasteiger partial charge on any atom is -0.336 e. The predicted octanol–water partition coefficient (Wildman–Crippen LogP) is 4.27. The summed E-state index contributed by atoms with van der Waals surface area (Å²) in [6, 6.07) is 19.3. The highest BCUT2D eigenvalue weighted by atomic mass is 32.1. The summed E-state index contributed by atoms with van der Waals surface area (Å²) in [5.41, 5.74) is 3.88. The van der Waals surface area contributed by atoms with Crippen molar-refractivity contribution < 1.29 is 9.59 Å². The van der Waals surface area contributed by atoms with Crippen LogP contribution in [0.5, 0.6) is 0 Å². The van der Waals surface area contributed by atoms with E-state index in [1.807, 2.05) is 34.5 Å². The van der Waals surface area contributed by atoms with E-state index in [2.05, 4.69) is 41.4 Å². The molecule has 2 heterocycles. The molecule has 3 aromatic rings. The van der Waals surface area contributed by atoms with Gasteiger partial charge in [0.05, 0.1) is 4.88 Å². The van der Waals surface area contributed by atoms with Gasteiger partial charge in [-0.2, -0.15) is 0 Å². The number of aryl methyl sites for hydroxylation is 1. The molecule has 1 aromatic heterocycles. The first-order valence-electron chi connectivity index (χ1n) is 10.1. The first-order chi connectivity index (χ1) is 14.6. The second-order valence-corrected chi connectivity index (χ2v) is 8.45. The molecule has 6 heteroatoms. The lowest BCUT2D eigenvalue weighted by Crippen LogP contribution is -2.48. The van der Waals surface area contributed by atoms with Crippen molar-refractivity contribution in [3.8, 4) is 0 Å². The summed E-state index contributed by atoms with van der Waals surface area (Å²) in [5.74, 6) is -0.141. The summed E-state index contributed by atoms with van der Waals surface area (Å²) >= 11 is 1.39. The topological polar surface area (TPSA) is 52.6 Å². The Labute approximate surface area is 180 Å². The molecular weight excluding hydrogens is 394 g/mol. The van der Waals surface area contributed by atoms with E-state index >= 15 is 0 Å². The van der Waals surface area contributed by atoms with Crippen molar-refractivity contribution in [3.63, 3.8) is 0 Å². The van der Waals surface area contributed by atoms with Crippen LogP contribution in [0.25, 0.3) is 0 Å². The lowest BCUT2D eigenvalue weighted by Gasteiger charge is -2.35. The van der Waals surface area contributed by atoms with E-state index < -0.39 is 0 Å². The molecule has 1 aliphatic rings. The van der Waals surface area contributed by atoms with Gasteiger partial charge in [-0.25, -0.2) is 0 Å². The van der Waals surface area contributed by atoms with E-state index in [0.717, 1.165) is 19.6 Å². The fourth-order valence-electron chi connectivity index (χ4n) is 3.65. The number of thiophene rings is 1. The third-order valence-electron chi connectivity index (χ3n) is 5.43. The monoisotopic (exact) mass is 419 g/mol. The van der Waals surface area contributed by atoms with Crippen LogP contribution >= 0.6 is 11.3 Å². The van der Waals surface area contributed by atoms with Gasteiger partial charge in [0.2, 0.25) is 0 Å². The number of benzene rings is 2. The Hall–Kier alpha value is -2.96. The van der Waals surface area contributed by atoms with Gasteiger partial charge < -0.3 is 10.2 Å². The molecule has 2 aromatic carbocycles. The van der Waals surface area contributed by atoms with Crippen LogP contribution in [-0.4, -0.2) is 47.8 Å². The average Bonchev–Trinajstić information content (AvgIpc) is 3.31. The third-order valence-corrected chi connectivity index (χ3v) is 6.30. The van der Waals surface area contributed by atoms with Crippen LogP contribution in [0.2, 0.25) is 0 Å². The number of rotatable bonds is 5. The molecule has 4 rings (SSSR count). The van der Waals surface area contributed by atoms with Gasteiger partial charge in [0.1, 0.15) is 0 Å². The summed E-state index contributed by atoms with van der Waals surface area (Å²) < 4.78 is 0. The van der Waals surface area contributed by atoms with Crippen molar-refractivity contribution in [3.05, 3.63) is 87.6 Å². The molecule has 0 spiro atoms. The van der Waals surface area contributed by atoms with Gasteiger partial charge in [0.15, 0.2) is 0 Å². The quantitative estimate of drug-likeness (QED) is 0.672. The maximum absolute atomic E-state index is 13.0. The molecule has 1 N–H and O–H groups in total. The Bertz CT molecular complexity index is 1020. The molecule has 1 saturated heterocycles. The molecule has 0 atom stereocenters. The smallest absolute Gasteiger partial charge is 0.265 e. The van der Waals surface area contributed by atoms with Crippen molar-refractivity contribution in [2.75, 3.05) is 31.5 Å². The lowest BCUT2D eigenvalue weighted by molar-refractivity contribution is 0.0628. The number of hydrogen-bond acceptors (Lipinski definition) is 4. The van der Waals surface area contributed by atoms with Crippen LogP contribution in [0.4, 0.5) is 5.69 Å². The van der Waals surface area contributed by atoms with Crippen LogP contribution < -0.4 is 5.32 Å². The predicted molar refractivity (Wildman–Crippen MR) is 121 cm³/mol. The summed E-state index contributed by atoms with van der Waals surface area (Å²) in [6.45, 7) is 6.18. The molecule has 30 heavy (non-hydrogen) atoms. The molecule has 0 bridgehead atoms. The summed E-state index contributed by atoms with van der Waals surface area (Å²) in [7, 11) is 0. The van der Waals surface area contributed by atoms with Crippen molar-refractivity contribution in [2.45, 2.75) is 13.5 Å². The molecule has 0 saturated carbocycles. The van der Waals surface area contributed by atoms with Gasteiger partial charge in [0.25, 0.3) is 11.8 Å². The average molecular weight is 420 g/mol. The van der Waals surface area contributed by atoms with E-state index in [9.17, 15) is 9.59 Å². The number of carbonyl (C=O) groups excluding carboxylic acids is 2. The van der Waals surface area contributed by atoms with E-state index in [1.54, 1.807) is 12.1 Å². The molecular formula is C24H25N3O2S. The highest BCUT2D eigenvalue weighted by molar-refractivity contribution is 7.12. The van der Waals surface area contributed by atoms with Crippen LogP contribution in [0.15, 0.2) is 66.0 Å². The first-order valence-corrected chi connectivity index (χ1v) is 11.0. The van der Waals surface area contributed by atoms with Gasteiger partial charge >= 0.3 is 0 Å². The van der Waals surface area contributed by atoms with Crippen LogP contribution in [-0.2, 0) is 6.54 Å². The van der Waals surface area contributed by atoms with E-state index in [-0.39, 0.29) is 11.8 Å². The maximum atomic E-state index is 13.0. The Kier molecular flexibility index (Phi) is 6.26. The lowest BCUT2D eigenvalue weighted by atomic mass is 10.1. The summed E-state index contributed by atoms with van der Waals surface area (Å²) in [4.78, 5) is 30.2. The van der Waals surface area contributed by atoms with E-state index in [0.29, 0.717) is 29.2 Å². The number of carbonyl (C=O) groups is 2. The van der Waals surface area contributed by atoms with Gasteiger partial charge in [-0.1, -0.05) is 36.4 Å². The normalized spacial score (nSPS) is 14.5. The highest BCUT2D eigenvalue weighted by Gasteiger charge is 2.22. The zero-order chi connectivity index (χ0) is 20.9. The maximum Gasteiger partial charge on any atom is 0.265 e. The van der Waals surface area contributed by atoms with Gasteiger partial charge in [0, 0.05) is 44.0 Å². The SMILES string of the molecule is Cc1ccccc1CN1CCN(C(=O)c2cccc(NC(=O)c3cccs3)c2)CC1. The molecule has 0 radical (unpaired) electrons. The van der Waals surface area contributed by atoms with Crippen LogP contribution in [0.3, 0.4) is 0 Å². The third kappa shape index (κ3) is 4.78. The molecule has 0 unspecified atom stereocenters. The molecule has 5 nitrogen and oxygen atoms in total. The minimum absolute atomic E-state index is 0.0118. The van der Waals surface area contributed by atoms with Gasteiger partial charge in [-0.15, -0.1) is 11.3 Å². The number of nitrogens with one attached hydrogen (secondary N) is 1. The second kappa shape index (κ2) is 9.24. The number of anilines is 1. The van der Waals surface area contributed by atoms with E-state index in [4.69, 9.17) is 0 Å². The molecule has 1 fully saturated rings. The Morgan fingerprint density at radius 1 is 0.967 bits per heavy atom. The standard InChI is InChI=1S/C24H25N3O2S/c1-18-6-2-3-7-20(18)17-26-11-13-27(14-12-26)24(29)19-8-4-9-21(16-19)25-23(28)22-10-5-15-30-22/h2-10,15-16H,11-14,17H2,1H3,(H,25,28). The van der Waals surface area contributed by atoms with Crippen molar-refractivity contribution in [1.82, 2.24) is 9.80 Å². The molecule has 1 aliphatic heterocycles. The van der Waals surface area contributed by atoms with Gasteiger partial charge in [-0.3, -0.25) is 14.5 Å². The number of nitrogens with zero attached hydrogens (tertiary/aromatic N) is 2. The summed E-state index contributed by atoms with van der Waals surface area (Å²) in [5, 5.41) is 4.74. The zero-order valence-electron chi connectivity index (χ0n) is 17.0. The highest BCUT2D eigenvalue weighted by Crippen LogP contribution is 2.18. The number of amides is 2. The second-order valence-electron chi connectivity index (χ2n) is 7.51. The fourth-order valence-corrected chi connectivity index (χ4v) is 4.27. The number of piperazine rings is 1. The number of hydrogen-bond donors (Lipinski definition) is 1. The minimum atomic E-state index is -0.153. The molecule has 0 aliphatic carbocycles. The zero-order valence-corrected chi connectivity index (χ0v) is 17.8. The van der Waals surface area contributed by atoms with Crippen LogP contribution in [0.1, 0.15) is 31.2 Å². The Morgan fingerprint density at radius 2 is 1.77 bits per heavy atom. The summed E-state index contributed by atoms with van der Waals surface area (Å²) in [6.07, 6.45) is 0. The van der Waals surface area contributed by atoms with Crippen LogP contribution in [0, 0.1) is 6.92 Å². The van der Waals surface area contributed by atoms with Crippen molar-refractivity contribution >= 4 is 28.8 Å². The first kappa shape index (κ1) is 20.3.